The first-order valence-electron chi connectivity index (χ1n) is 8.34. The molecule has 1 heterocycles. The largest absolute Gasteiger partial charge is 0.393 e. The van der Waals surface area contributed by atoms with Crippen LogP contribution in [-0.2, 0) is 4.74 Å². The summed E-state index contributed by atoms with van der Waals surface area (Å²) >= 11 is 0. The van der Waals surface area contributed by atoms with Gasteiger partial charge in [0.05, 0.1) is 17.8 Å². The number of nitrogens with one attached hydrogen (secondary N) is 1. The Labute approximate surface area is 117 Å². The predicted octanol–water partition coefficient (Wildman–Crippen LogP) is 2.62. The van der Waals surface area contributed by atoms with Crippen molar-refractivity contribution < 1.29 is 9.84 Å². The van der Waals surface area contributed by atoms with Crippen molar-refractivity contribution in [2.24, 2.45) is 5.92 Å². The summed E-state index contributed by atoms with van der Waals surface area (Å²) in [7, 11) is 0. The second-order valence-electron chi connectivity index (χ2n) is 6.94. The number of rotatable bonds is 4. The zero-order valence-corrected chi connectivity index (χ0v) is 12.1. The van der Waals surface area contributed by atoms with E-state index in [9.17, 15) is 5.11 Å². The molecule has 0 bridgehead atoms. The Kier molecular flexibility index (Phi) is 4.45. The molecule has 1 spiro atoms. The lowest BCUT2D eigenvalue weighted by Crippen LogP contribution is -2.37. The van der Waals surface area contributed by atoms with Crippen LogP contribution in [0.4, 0.5) is 0 Å². The van der Waals surface area contributed by atoms with E-state index in [4.69, 9.17) is 4.74 Å². The van der Waals surface area contributed by atoms with Gasteiger partial charge in [-0.1, -0.05) is 25.7 Å². The molecule has 110 valence electrons. The van der Waals surface area contributed by atoms with E-state index in [1.807, 2.05) is 0 Å². The van der Waals surface area contributed by atoms with Crippen LogP contribution in [0.25, 0.3) is 0 Å². The Balaban J connectivity index is 1.36. The minimum absolute atomic E-state index is 0.0769. The van der Waals surface area contributed by atoms with Crippen molar-refractivity contribution in [3.63, 3.8) is 0 Å². The normalized spacial score (nSPS) is 38.1. The molecule has 1 aliphatic heterocycles. The van der Waals surface area contributed by atoms with Gasteiger partial charge in [0.2, 0.25) is 0 Å². The third kappa shape index (κ3) is 3.32. The fraction of sp³-hybridized carbons (Fsp3) is 1.00. The highest BCUT2D eigenvalue weighted by molar-refractivity contribution is 4.93. The topological polar surface area (TPSA) is 41.5 Å². The second kappa shape index (κ2) is 6.11. The van der Waals surface area contributed by atoms with Crippen LogP contribution in [-0.4, -0.2) is 36.0 Å². The van der Waals surface area contributed by atoms with Crippen molar-refractivity contribution in [3.05, 3.63) is 0 Å². The molecule has 0 amide bonds. The number of aliphatic hydroxyl groups excluding tert-OH is 1. The van der Waals surface area contributed by atoms with E-state index in [0.717, 1.165) is 19.5 Å². The molecule has 2 saturated carbocycles. The van der Waals surface area contributed by atoms with E-state index in [2.05, 4.69) is 5.32 Å². The summed E-state index contributed by atoms with van der Waals surface area (Å²) in [5.41, 5.74) is 0.261. The van der Waals surface area contributed by atoms with Gasteiger partial charge in [0, 0.05) is 13.1 Å². The van der Waals surface area contributed by atoms with Crippen LogP contribution in [0.5, 0.6) is 0 Å². The molecule has 1 saturated heterocycles. The molecule has 3 aliphatic rings. The highest BCUT2D eigenvalue weighted by Crippen LogP contribution is 2.43. The van der Waals surface area contributed by atoms with E-state index < -0.39 is 0 Å². The molecular formula is C16H29NO2. The average Bonchev–Trinajstić information content (AvgIpc) is 3.03. The maximum atomic E-state index is 9.96. The van der Waals surface area contributed by atoms with Gasteiger partial charge >= 0.3 is 0 Å². The van der Waals surface area contributed by atoms with Crippen molar-refractivity contribution in [2.45, 2.75) is 82.0 Å². The molecule has 3 unspecified atom stereocenters. The lowest BCUT2D eigenvalue weighted by Gasteiger charge is -2.28. The van der Waals surface area contributed by atoms with Crippen LogP contribution >= 0.6 is 0 Å². The smallest absolute Gasteiger partial charge is 0.0708 e. The summed E-state index contributed by atoms with van der Waals surface area (Å²) in [6.45, 7) is 1.94. The lowest BCUT2D eigenvalue weighted by atomic mass is 9.86. The minimum atomic E-state index is -0.0769. The van der Waals surface area contributed by atoms with Crippen LogP contribution in [0, 0.1) is 5.92 Å². The lowest BCUT2D eigenvalue weighted by molar-refractivity contribution is -0.0360. The van der Waals surface area contributed by atoms with Crippen LogP contribution in [0.3, 0.4) is 0 Å². The molecule has 0 aromatic carbocycles. The molecular weight excluding hydrogens is 238 g/mol. The third-order valence-corrected chi connectivity index (χ3v) is 5.50. The first kappa shape index (κ1) is 13.8. The summed E-state index contributed by atoms with van der Waals surface area (Å²) in [6.07, 6.45) is 12.8. The number of hydrogen-bond acceptors (Lipinski definition) is 3. The molecule has 0 radical (unpaired) electrons. The summed E-state index contributed by atoms with van der Waals surface area (Å²) in [5, 5.41) is 13.5. The fourth-order valence-electron chi connectivity index (χ4n) is 4.28. The van der Waals surface area contributed by atoms with E-state index in [0.29, 0.717) is 12.0 Å². The Hall–Kier alpha value is -0.120. The molecule has 2 N–H and O–H groups in total. The van der Waals surface area contributed by atoms with Gasteiger partial charge < -0.3 is 15.2 Å². The highest BCUT2D eigenvalue weighted by atomic mass is 16.5. The molecule has 19 heavy (non-hydrogen) atoms. The van der Waals surface area contributed by atoms with Crippen LogP contribution < -0.4 is 5.32 Å². The van der Waals surface area contributed by atoms with Crippen molar-refractivity contribution >= 4 is 0 Å². The van der Waals surface area contributed by atoms with Crippen molar-refractivity contribution in [1.29, 1.82) is 0 Å². The molecule has 3 nitrogen and oxygen atoms in total. The van der Waals surface area contributed by atoms with E-state index in [-0.39, 0.29) is 11.7 Å². The van der Waals surface area contributed by atoms with Gasteiger partial charge in [-0.3, -0.25) is 0 Å². The van der Waals surface area contributed by atoms with Gasteiger partial charge in [0.15, 0.2) is 0 Å². The molecule has 3 heteroatoms. The zero-order valence-electron chi connectivity index (χ0n) is 12.1. The predicted molar refractivity (Wildman–Crippen MR) is 76.1 cm³/mol. The number of ether oxygens (including phenoxy) is 1. The van der Waals surface area contributed by atoms with Gasteiger partial charge in [-0.25, -0.2) is 0 Å². The van der Waals surface area contributed by atoms with Crippen molar-refractivity contribution in [3.8, 4) is 0 Å². The van der Waals surface area contributed by atoms with Crippen LogP contribution in [0.15, 0.2) is 0 Å². The fourth-order valence-corrected chi connectivity index (χ4v) is 4.28. The Morgan fingerprint density at radius 1 is 0.947 bits per heavy atom. The zero-order chi connectivity index (χ0) is 13.1. The van der Waals surface area contributed by atoms with Crippen LogP contribution in [0.1, 0.15) is 64.2 Å². The summed E-state index contributed by atoms with van der Waals surface area (Å²) < 4.78 is 6.30. The second-order valence-corrected chi connectivity index (χ2v) is 6.94. The van der Waals surface area contributed by atoms with Gasteiger partial charge in [0.25, 0.3) is 0 Å². The Morgan fingerprint density at radius 3 is 2.53 bits per heavy atom. The SMILES string of the molecule is OC1CCCCC1CNCC1CCC2(CCCC2)O1. The molecule has 3 fully saturated rings. The summed E-state index contributed by atoms with van der Waals surface area (Å²) in [5.74, 6) is 0.468. The van der Waals surface area contributed by atoms with E-state index in [1.165, 1.54) is 57.8 Å². The van der Waals surface area contributed by atoms with E-state index >= 15 is 0 Å². The Bertz CT molecular complexity index is 288. The standard InChI is InChI=1S/C16H29NO2/c18-15-6-2-1-5-13(15)11-17-12-14-7-10-16(19-14)8-3-4-9-16/h13-15,17-18H,1-12H2. The number of aliphatic hydroxyl groups is 1. The van der Waals surface area contributed by atoms with Crippen molar-refractivity contribution in [2.75, 3.05) is 13.1 Å². The first-order valence-corrected chi connectivity index (χ1v) is 8.34. The summed E-state index contributed by atoms with van der Waals surface area (Å²) in [6, 6.07) is 0. The highest BCUT2D eigenvalue weighted by Gasteiger charge is 2.41. The molecule has 3 atom stereocenters. The Morgan fingerprint density at radius 2 is 1.74 bits per heavy atom. The quantitative estimate of drug-likeness (QED) is 0.823. The molecule has 0 aromatic rings. The van der Waals surface area contributed by atoms with E-state index in [1.54, 1.807) is 0 Å². The van der Waals surface area contributed by atoms with Gasteiger partial charge in [-0.15, -0.1) is 0 Å². The average molecular weight is 267 g/mol. The minimum Gasteiger partial charge on any atom is -0.393 e. The van der Waals surface area contributed by atoms with Gasteiger partial charge in [0.1, 0.15) is 0 Å². The monoisotopic (exact) mass is 267 g/mol. The van der Waals surface area contributed by atoms with Crippen LogP contribution in [0.2, 0.25) is 0 Å². The maximum absolute atomic E-state index is 9.96. The van der Waals surface area contributed by atoms with Crippen molar-refractivity contribution in [1.82, 2.24) is 5.32 Å². The van der Waals surface area contributed by atoms with Gasteiger partial charge in [-0.05, 0) is 44.4 Å². The number of hydrogen-bond donors (Lipinski definition) is 2. The summed E-state index contributed by atoms with van der Waals surface area (Å²) in [4.78, 5) is 0. The first-order chi connectivity index (χ1) is 9.27. The third-order valence-electron chi connectivity index (χ3n) is 5.50. The van der Waals surface area contributed by atoms with Gasteiger partial charge in [-0.2, -0.15) is 0 Å². The molecule has 0 aromatic heterocycles. The molecule has 3 rings (SSSR count). The maximum Gasteiger partial charge on any atom is 0.0708 e. The molecule has 2 aliphatic carbocycles.